The molecule has 2 aromatic rings. The minimum atomic E-state index is -0.486. The predicted octanol–water partition coefficient (Wildman–Crippen LogP) is 3.45. The monoisotopic (exact) mass is 366 g/mol. The van der Waals surface area contributed by atoms with Crippen molar-refractivity contribution in [2.24, 2.45) is 0 Å². The van der Waals surface area contributed by atoms with E-state index < -0.39 is 5.82 Å². The van der Waals surface area contributed by atoms with Crippen molar-refractivity contribution in [3.8, 4) is 0 Å². The molecule has 4 nitrogen and oxygen atoms in total. The maximum atomic E-state index is 13.9. The summed E-state index contributed by atoms with van der Waals surface area (Å²) in [5, 5.41) is 0. The number of nitrogens with zero attached hydrogens (tertiary/aromatic N) is 2. The number of carbonyl (C=O) groups is 2. The molecule has 4 rings (SSSR count). The molecule has 27 heavy (non-hydrogen) atoms. The molecular weight excluding hydrogens is 343 g/mol. The molecule has 0 aromatic heterocycles. The van der Waals surface area contributed by atoms with E-state index in [9.17, 15) is 14.0 Å². The number of hydrogen-bond acceptors (Lipinski definition) is 2. The second-order valence-corrected chi connectivity index (χ2v) is 7.56. The number of halogens is 1. The predicted molar refractivity (Wildman–Crippen MR) is 101 cm³/mol. The lowest BCUT2D eigenvalue weighted by atomic mass is 9.81. The second kappa shape index (κ2) is 6.80. The van der Waals surface area contributed by atoms with Crippen LogP contribution in [0.25, 0.3) is 0 Å². The molecule has 140 valence electrons. The molecule has 2 heterocycles. The van der Waals surface area contributed by atoms with Crippen LogP contribution in [0.2, 0.25) is 0 Å². The van der Waals surface area contributed by atoms with Gasteiger partial charge in [-0.25, -0.2) is 4.39 Å². The first-order chi connectivity index (χ1) is 13.0. The molecule has 2 aliphatic rings. The maximum absolute atomic E-state index is 13.9. The molecule has 2 saturated heterocycles. The van der Waals surface area contributed by atoms with Crippen molar-refractivity contribution in [1.29, 1.82) is 0 Å². The lowest BCUT2D eigenvalue weighted by Gasteiger charge is -2.43. The van der Waals surface area contributed by atoms with Gasteiger partial charge in [0.05, 0.1) is 11.5 Å². The number of piperidine rings is 1. The molecular formula is C22H23FN2O2. The molecule has 0 radical (unpaired) electrons. The molecule has 1 spiro atoms. The normalized spacial score (nSPS) is 21.7. The first kappa shape index (κ1) is 17.7. The summed E-state index contributed by atoms with van der Waals surface area (Å²) in [5.74, 6) is -0.727. The number of carbonyl (C=O) groups excluding carboxylic acids is 2. The minimum absolute atomic E-state index is 0.117. The summed E-state index contributed by atoms with van der Waals surface area (Å²) in [6, 6.07) is 16.0. The quantitative estimate of drug-likeness (QED) is 0.817. The third kappa shape index (κ3) is 3.01. The van der Waals surface area contributed by atoms with E-state index in [4.69, 9.17) is 0 Å². The number of benzene rings is 2. The molecule has 0 aliphatic carbocycles. The Bertz CT molecular complexity index is 860. The topological polar surface area (TPSA) is 40.6 Å². The van der Waals surface area contributed by atoms with Crippen molar-refractivity contribution in [3.05, 3.63) is 71.5 Å². The first-order valence-electron chi connectivity index (χ1n) is 9.38. The van der Waals surface area contributed by atoms with Gasteiger partial charge in [-0.1, -0.05) is 42.5 Å². The van der Waals surface area contributed by atoms with Crippen LogP contribution in [0.15, 0.2) is 54.6 Å². The van der Waals surface area contributed by atoms with Gasteiger partial charge in [-0.3, -0.25) is 9.59 Å². The Kier molecular flexibility index (Phi) is 4.46. The molecule has 5 heteroatoms. The first-order valence-corrected chi connectivity index (χ1v) is 9.38. The Labute approximate surface area is 158 Å². The molecule has 2 amide bonds. The van der Waals surface area contributed by atoms with Gasteiger partial charge in [0.2, 0.25) is 5.91 Å². The van der Waals surface area contributed by atoms with E-state index in [2.05, 4.69) is 0 Å². The molecule has 0 N–H and O–H groups in total. The van der Waals surface area contributed by atoms with Crippen molar-refractivity contribution < 1.29 is 14.0 Å². The summed E-state index contributed by atoms with van der Waals surface area (Å²) < 4.78 is 13.9. The standard InChI is InChI=1S/C22H23FN2O2/c1-24-20(26)18(16-7-3-2-4-8-16)15-22(24)11-13-25(14-12-22)21(27)17-9-5-6-10-19(17)23/h2-10,18H,11-15H2,1H3. The Balaban J connectivity index is 1.49. The average molecular weight is 366 g/mol. The average Bonchev–Trinajstić information content (AvgIpc) is 2.94. The highest BCUT2D eigenvalue weighted by Crippen LogP contribution is 2.44. The molecule has 2 fully saturated rings. The Morgan fingerprint density at radius 3 is 2.33 bits per heavy atom. The van der Waals surface area contributed by atoms with E-state index in [0.29, 0.717) is 13.1 Å². The van der Waals surface area contributed by atoms with Crippen LogP contribution in [-0.4, -0.2) is 47.3 Å². The highest BCUT2D eigenvalue weighted by Gasteiger charge is 2.50. The van der Waals surface area contributed by atoms with Gasteiger partial charge in [-0.2, -0.15) is 0 Å². The van der Waals surface area contributed by atoms with E-state index in [1.165, 1.54) is 12.1 Å². The lowest BCUT2D eigenvalue weighted by molar-refractivity contribution is -0.131. The Morgan fingerprint density at radius 2 is 1.67 bits per heavy atom. The fourth-order valence-corrected chi connectivity index (χ4v) is 4.49. The highest BCUT2D eigenvalue weighted by molar-refractivity contribution is 5.94. The van der Waals surface area contributed by atoms with Crippen molar-refractivity contribution in [3.63, 3.8) is 0 Å². The van der Waals surface area contributed by atoms with Gasteiger partial charge < -0.3 is 9.80 Å². The van der Waals surface area contributed by atoms with Gasteiger partial charge in [0.15, 0.2) is 0 Å². The van der Waals surface area contributed by atoms with E-state index in [1.54, 1.807) is 17.0 Å². The van der Waals surface area contributed by atoms with Gasteiger partial charge in [-0.15, -0.1) is 0 Å². The van der Waals surface area contributed by atoms with Crippen LogP contribution in [-0.2, 0) is 4.79 Å². The largest absolute Gasteiger partial charge is 0.339 e. The number of likely N-dealkylation sites (N-methyl/N-ethyl adjacent to an activating group) is 1. The summed E-state index contributed by atoms with van der Waals surface area (Å²) in [5.41, 5.74) is 0.950. The van der Waals surface area contributed by atoms with E-state index in [1.807, 2.05) is 42.3 Å². The second-order valence-electron chi connectivity index (χ2n) is 7.56. The zero-order chi connectivity index (χ0) is 19.0. The third-order valence-electron chi connectivity index (χ3n) is 6.21. The van der Waals surface area contributed by atoms with Crippen molar-refractivity contribution in [1.82, 2.24) is 9.80 Å². The minimum Gasteiger partial charge on any atom is -0.339 e. The van der Waals surface area contributed by atoms with Crippen LogP contribution in [0.3, 0.4) is 0 Å². The summed E-state index contributed by atoms with van der Waals surface area (Å²) in [4.78, 5) is 29.1. The van der Waals surface area contributed by atoms with Crippen molar-refractivity contribution >= 4 is 11.8 Å². The van der Waals surface area contributed by atoms with Crippen LogP contribution in [0.1, 0.15) is 41.1 Å². The molecule has 0 bridgehead atoms. The summed E-state index contributed by atoms with van der Waals surface area (Å²) in [6.07, 6.45) is 2.21. The fraction of sp³-hybridized carbons (Fsp3) is 0.364. The third-order valence-corrected chi connectivity index (χ3v) is 6.21. The Hall–Kier alpha value is -2.69. The van der Waals surface area contributed by atoms with Crippen molar-refractivity contribution in [2.75, 3.05) is 20.1 Å². The van der Waals surface area contributed by atoms with Gasteiger partial charge >= 0.3 is 0 Å². The SMILES string of the molecule is CN1C(=O)C(c2ccccc2)CC12CCN(C(=O)c1ccccc1F)CC2. The van der Waals surface area contributed by atoms with Gasteiger partial charge in [0.25, 0.3) is 5.91 Å². The maximum Gasteiger partial charge on any atom is 0.256 e. The molecule has 2 aromatic carbocycles. The summed E-state index contributed by atoms with van der Waals surface area (Å²) >= 11 is 0. The molecule has 1 unspecified atom stereocenters. The molecule has 1 atom stereocenters. The molecule has 0 saturated carbocycles. The fourth-order valence-electron chi connectivity index (χ4n) is 4.49. The van der Waals surface area contributed by atoms with E-state index >= 15 is 0 Å². The Morgan fingerprint density at radius 1 is 1.04 bits per heavy atom. The van der Waals surface area contributed by atoms with E-state index in [0.717, 1.165) is 24.8 Å². The highest BCUT2D eigenvalue weighted by atomic mass is 19.1. The number of likely N-dealkylation sites (tertiary alicyclic amines) is 2. The number of hydrogen-bond donors (Lipinski definition) is 0. The zero-order valence-electron chi connectivity index (χ0n) is 15.4. The van der Waals surface area contributed by atoms with Crippen LogP contribution in [0, 0.1) is 5.82 Å². The van der Waals surface area contributed by atoms with E-state index in [-0.39, 0.29) is 28.8 Å². The van der Waals surface area contributed by atoms with Crippen LogP contribution in [0.5, 0.6) is 0 Å². The van der Waals surface area contributed by atoms with Crippen LogP contribution >= 0.6 is 0 Å². The zero-order valence-corrected chi connectivity index (χ0v) is 15.4. The summed E-state index contributed by atoms with van der Waals surface area (Å²) in [7, 11) is 1.87. The van der Waals surface area contributed by atoms with Gasteiger partial charge in [0, 0.05) is 25.7 Å². The van der Waals surface area contributed by atoms with Crippen LogP contribution < -0.4 is 0 Å². The van der Waals surface area contributed by atoms with Crippen LogP contribution in [0.4, 0.5) is 4.39 Å². The van der Waals surface area contributed by atoms with Gasteiger partial charge in [0.1, 0.15) is 5.82 Å². The number of amides is 2. The molecule has 2 aliphatic heterocycles. The van der Waals surface area contributed by atoms with Gasteiger partial charge in [-0.05, 0) is 37.0 Å². The lowest BCUT2D eigenvalue weighted by Crippen LogP contribution is -2.52. The number of rotatable bonds is 2. The smallest absolute Gasteiger partial charge is 0.256 e. The van der Waals surface area contributed by atoms with Crippen molar-refractivity contribution in [2.45, 2.75) is 30.7 Å². The summed E-state index contributed by atoms with van der Waals surface area (Å²) in [6.45, 7) is 1.07.